The second-order valence-electron chi connectivity index (χ2n) is 3.15. The van der Waals surface area contributed by atoms with Crippen LogP contribution in [0.3, 0.4) is 0 Å². The molecule has 0 spiro atoms. The predicted molar refractivity (Wildman–Crippen MR) is 50.6 cm³/mol. The van der Waals surface area contributed by atoms with Gasteiger partial charge in [0.2, 0.25) is 0 Å². The van der Waals surface area contributed by atoms with Crippen molar-refractivity contribution in [2.24, 2.45) is 10.7 Å². The lowest BCUT2D eigenvalue weighted by atomic mass is 10.1. The molecule has 2 aliphatic rings. The number of guanidine groups is 1. The highest BCUT2D eigenvalue weighted by atomic mass is 16.5. The number of carbonyl (C=O) groups is 1. The molecular weight excluding hydrogens is 184 g/mol. The Morgan fingerprint density at radius 2 is 2.64 bits per heavy atom. The highest BCUT2D eigenvalue weighted by molar-refractivity contribution is 5.81. The Bertz CT molecular complexity index is 312. The van der Waals surface area contributed by atoms with Crippen molar-refractivity contribution in [2.75, 3.05) is 13.7 Å². The fraction of sp³-hybridized carbons (Fsp3) is 0.500. The second-order valence-corrected chi connectivity index (χ2v) is 3.15. The van der Waals surface area contributed by atoms with E-state index in [2.05, 4.69) is 15.0 Å². The Morgan fingerprint density at radius 3 is 3.36 bits per heavy atom. The van der Waals surface area contributed by atoms with Crippen LogP contribution in [0.1, 0.15) is 0 Å². The van der Waals surface area contributed by atoms with Crippen LogP contribution in [-0.4, -0.2) is 42.8 Å². The smallest absolute Gasteiger partial charge is 0.411 e. The van der Waals surface area contributed by atoms with Crippen molar-refractivity contribution in [1.82, 2.24) is 10.2 Å². The zero-order valence-electron chi connectivity index (χ0n) is 7.80. The molecule has 0 unspecified atom stereocenters. The molecule has 0 radical (unpaired) electrons. The van der Waals surface area contributed by atoms with E-state index in [1.807, 2.05) is 12.2 Å². The maximum Gasteiger partial charge on any atom is 0.411 e. The summed E-state index contributed by atoms with van der Waals surface area (Å²) in [6.07, 6.45) is 3.18. The summed E-state index contributed by atoms with van der Waals surface area (Å²) in [6, 6.07) is -0.0251. The molecule has 0 aromatic carbocycles. The fourth-order valence-electron chi connectivity index (χ4n) is 1.65. The molecule has 6 nitrogen and oxygen atoms in total. The average molecular weight is 196 g/mol. The minimum atomic E-state index is -0.385. The number of ether oxygens (including phenoxy) is 1. The number of carbonyl (C=O) groups excluding carboxylic acids is 1. The Morgan fingerprint density at radius 1 is 1.86 bits per heavy atom. The van der Waals surface area contributed by atoms with Gasteiger partial charge in [-0.1, -0.05) is 12.2 Å². The van der Waals surface area contributed by atoms with Crippen molar-refractivity contribution in [3.63, 3.8) is 0 Å². The molecule has 0 saturated heterocycles. The van der Waals surface area contributed by atoms with Gasteiger partial charge in [-0.3, -0.25) is 4.90 Å². The largest absolute Gasteiger partial charge is 0.453 e. The Labute approximate surface area is 81.4 Å². The van der Waals surface area contributed by atoms with Crippen LogP contribution < -0.4 is 11.1 Å². The molecule has 3 N–H and O–H groups in total. The van der Waals surface area contributed by atoms with E-state index in [0.717, 1.165) is 0 Å². The van der Waals surface area contributed by atoms with Gasteiger partial charge in [0.1, 0.15) is 0 Å². The maximum atomic E-state index is 11.3. The van der Waals surface area contributed by atoms with Crippen molar-refractivity contribution in [2.45, 2.75) is 12.2 Å². The molecule has 6 heteroatoms. The normalized spacial score (nSPS) is 29.2. The number of nitrogens with one attached hydrogen (secondary N) is 1. The molecule has 0 aromatic heterocycles. The molecule has 0 fully saturated rings. The van der Waals surface area contributed by atoms with Crippen LogP contribution >= 0.6 is 0 Å². The molecular formula is C8H12N4O2. The number of nitrogens with two attached hydrogens (primary N) is 1. The SMILES string of the molecule is COC(=O)N1CC=C[C@H]2NC(N)=N[C@H]21. The van der Waals surface area contributed by atoms with E-state index >= 15 is 0 Å². The molecule has 0 saturated carbocycles. The van der Waals surface area contributed by atoms with E-state index in [0.29, 0.717) is 12.5 Å². The molecule has 2 heterocycles. The Kier molecular flexibility index (Phi) is 2.03. The highest BCUT2D eigenvalue weighted by Gasteiger charge is 2.36. The minimum Gasteiger partial charge on any atom is -0.453 e. The van der Waals surface area contributed by atoms with Gasteiger partial charge in [0.15, 0.2) is 12.1 Å². The molecule has 1 amide bonds. The van der Waals surface area contributed by atoms with Crippen LogP contribution in [0.5, 0.6) is 0 Å². The maximum absolute atomic E-state index is 11.3. The fourth-order valence-corrected chi connectivity index (χ4v) is 1.65. The van der Waals surface area contributed by atoms with Gasteiger partial charge in [-0.15, -0.1) is 0 Å². The first kappa shape index (κ1) is 8.86. The first-order valence-corrected chi connectivity index (χ1v) is 4.33. The first-order valence-electron chi connectivity index (χ1n) is 4.33. The van der Waals surface area contributed by atoms with Gasteiger partial charge in [0.05, 0.1) is 13.2 Å². The zero-order chi connectivity index (χ0) is 10.1. The Balaban J connectivity index is 2.20. The minimum absolute atomic E-state index is 0.0251. The van der Waals surface area contributed by atoms with Crippen molar-refractivity contribution in [3.05, 3.63) is 12.2 Å². The highest BCUT2D eigenvalue weighted by Crippen LogP contribution is 2.17. The lowest BCUT2D eigenvalue weighted by Gasteiger charge is -2.30. The molecule has 0 bridgehead atoms. The van der Waals surface area contributed by atoms with Crippen LogP contribution in [0.4, 0.5) is 4.79 Å². The number of aliphatic imine (C=N–C) groups is 1. The predicted octanol–water partition coefficient (Wildman–Crippen LogP) is -0.763. The summed E-state index contributed by atoms with van der Waals surface area (Å²) in [4.78, 5) is 17.0. The Hall–Kier alpha value is -1.72. The third kappa shape index (κ3) is 1.28. The number of amides is 1. The van der Waals surface area contributed by atoms with Crippen LogP contribution in [0.25, 0.3) is 0 Å². The zero-order valence-corrected chi connectivity index (χ0v) is 7.80. The van der Waals surface area contributed by atoms with Gasteiger partial charge in [-0.05, 0) is 0 Å². The topological polar surface area (TPSA) is 80.0 Å². The van der Waals surface area contributed by atoms with Crippen LogP contribution in [0.15, 0.2) is 17.1 Å². The number of hydrogen-bond acceptors (Lipinski definition) is 5. The van der Waals surface area contributed by atoms with Gasteiger partial charge < -0.3 is 15.8 Å². The van der Waals surface area contributed by atoms with Crippen LogP contribution in [0, 0.1) is 0 Å². The summed E-state index contributed by atoms with van der Waals surface area (Å²) in [5, 5.41) is 2.96. The van der Waals surface area contributed by atoms with Gasteiger partial charge in [-0.2, -0.15) is 0 Å². The number of methoxy groups -OCH3 is 1. The number of nitrogens with zero attached hydrogens (tertiary/aromatic N) is 2. The second kappa shape index (κ2) is 3.21. The van der Waals surface area contributed by atoms with E-state index in [9.17, 15) is 4.79 Å². The summed E-state index contributed by atoms with van der Waals surface area (Å²) in [5.74, 6) is 0.362. The van der Waals surface area contributed by atoms with E-state index in [-0.39, 0.29) is 18.3 Å². The molecule has 0 aliphatic carbocycles. The monoisotopic (exact) mass is 196 g/mol. The number of hydrogen-bond donors (Lipinski definition) is 2. The van der Waals surface area contributed by atoms with Crippen molar-refractivity contribution in [3.8, 4) is 0 Å². The van der Waals surface area contributed by atoms with Gasteiger partial charge in [0.25, 0.3) is 0 Å². The van der Waals surface area contributed by atoms with Crippen molar-refractivity contribution >= 4 is 12.1 Å². The lowest BCUT2D eigenvalue weighted by Crippen LogP contribution is -2.49. The molecule has 0 aromatic rings. The van der Waals surface area contributed by atoms with Crippen molar-refractivity contribution in [1.29, 1.82) is 0 Å². The third-order valence-electron chi connectivity index (χ3n) is 2.28. The third-order valence-corrected chi connectivity index (χ3v) is 2.28. The molecule has 76 valence electrons. The van der Waals surface area contributed by atoms with E-state index < -0.39 is 0 Å². The van der Waals surface area contributed by atoms with Gasteiger partial charge >= 0.3 is 6.09 Å². The van der Waals surface area contributed by atoms with Crippen LogP contribution in [0.2, 0.25) is 0 Å². The number of rotatable bonds is 0. The first-order chi connectivity index (χ1) is 6.72. The lowest BCUT2D eigenvalue weighted by molar-refractivity contribution is 0.107. The summed E-state index contributed by atoms with van der Waals surface area (Å²) in [6.45, 7) is 0.506. The summed E-state index contributed by atoms with van der Waals surface area (Å²) >= 11 is 0. The standard InChI is InChI=1S/C8H12N4O2/c1-14-8(13)12-4-2-3-5-6(12)11-7(9)10-5/h2-3,5-6H,4H2,1H3,(H3,9,10,11)/t5-,6+/m1/s1. The van der Waals surface area contributed by atoms with Crippen LogP contribution in [-0.2, 0) is 4.74 Å². The van der Waals surface area contributed by atoms with Gasteiger partial charge in [0, 0.05) is 6.54 Å². The average Bonchev–Trinajstić information content (AvgIpc) is 2.56. The summed E-state index contributed by atoms with van der Waals surface area (Å²) in [7, 11) is 1.35. The quantitative estimate of drug-likeness (QED) is 0.499. The molecule has 2 atom stereocenters. The summed E-state index contributed by atoms with van der Waals surface area (Å²) in [5.41, 5.74) is 5.52. The number of fused-ring (bicyclic) bond motifs is 1. The van der Waals surface area contributed by atoms with E-state index in [1.165, 1.54) is 12.0 Å². The van der Waals surface area contributed by atoms with Crippen molar-refractivity contribution < 1.29 is 9.53 Å². The van der Waals surface area contributed by atoms with E-state index in [4.69, 9.17) is 5.73 Å². The molecule has 14 heavy (non-hydrogen) atoms. The van der Waals surface area contributed by atoms with E-state index in [1.54, 1.807) is 0 Å². The molecule has 2 rings (SSSR count). The molecule has 2 aliphatic heterocycles. The van der Waals surface area contributed by atoms with Gasteiger partial charge in [-0.25, -0.2) is 9.79 Å². The summed E-state index contributed by atoms with van der Waals surface area (Å²) < 4.78 is 4.65.